The minimum absolute atomic E-state index is 0.119. The van der Waals surface area contributed by atoms with Crippen molar-refractivity contribution in [3.05, 3.63) is 46.2 Å². The second kappa shape index (κ2) is 8.35. The lowest BCUT2D eigenvalue weighted by molar-refractivity contribution is 0.263. The largest absolute Gasteiger partial charge is 0.490 e. The number of aliphatic hydroxyl groups is 1. The van der Waals surface area contributed by atoms with Gasteiger partial charge in [0.2, 0.25) is 0 Å². The van der Waals surface area contributed by atoms with Gasteiger partial charge in [0.25, 0.3) is 0 Å². The van der Waals surface area contributed by atoms with Crippen molar-refractivity contribution in [1.82, 2.24) is 0 Å². The molecule has 0 unspecified atom stereocenters. The van der Waals surface area contributed by atoms with Gasteiger partial charge in [-0.2, -0.15) is 0 Å². The van der Waals surface area contributed by atoms with Gasteiger partial charge in [-0.05, 0) is 30.7 Å². The normalized spacial score (nSPS) is 9.81. The molecular weight excluding hydrogens is 284 g/mol. The second-order valence-electron chi connectivity index (χ2n) is 4.31. The zero-order valence-electron chi connectivity index (χ0n) is 12.0. The summed E-state index contributed by atoms with van der Waals surface area (Å²) in [5.41, 5.74) is 0. The lowest BCUT2D eigenvalue weighted by Gasteiger charge is -2.11. The van der Waals surface area contributed by atoms with Crippen LogP contribution < -0.4 is 9.47 Å². The Kier molecular flexibility index (Phi) is 6.14. The first-order chi connectivity index (χ1) is 10.3. The Morgan fingerprint density at radius 2 is 1.86 bits per heavy atom. The summed E-state index contributed by atoms with van der Waals surface area (Å²) < 4.78 is 11.5. The molecule has 0 bridgehead atoms. The van der Waals surface area contributed by atoms with Crippen LogP contribution in [0.15, 0.2) is 36.4 Å². The number of benzene rings is 1. The van der Waals surface area contributed by atoms with Crippen LogP contribution in [-0.4, -0.2) is 18.3 Å². The fourth-order valence-corrected chi connectivity index (χ4v) is 2.49. The Labute approximate surface area is 129 Å². The smallest absolute Gasteiger partial charge is 0.161 e. The number of ether oxygens (including phenoxy) is 2. The molecule has 0 aliphatic rings. The van der Waals surface area contributed by atoms with Crippen molar-refractivity contribution >= 4 is 11.3 Å². The van der Waals surface area contributed by atoms with E-state index in [0.717, 1.165) is 27.7 Å². The maximum atomic E-state index is 8.68. The second-order valence-corrected chi connectivity index (χ2v) is 5.48. The minimum atomic E-state index is -0.119. The Balaban J connectivity index is 1.98. The Bertz CT molecular complexity index is 622. The van der Waals surface area contributed by atoms with E-state index in [1.807, 2.05) is 36.4 Å². The Morgan fingerprint density at radius 3 is 2.57 bits per heavy atom. The van der Waals surface area contributed by atoms with Gasteiger partial charge in [-0.1, -0.05) is 30.9 Å². The van der Waals surface area contributed by atoms with E-state index >= 15 is 0 Å². The molecule has 3 nitrogen and oxygen atoms in total. The lowest BCUT2D eigenvalue weighted by atomic mass is 10.3. The van der Waals surface area contributed by atoms with Gasteiger partial charge in [0, 0.05) is 4.88 Å². The van der Waals surface area contributed by atoms with Crippen LogP contribution in [0.1, 0.15) is 23.1 Å². The number of thiophene rings is 1. The van der Waals surface area contributed by atoms with Crippen molar-refractivity contribution < 1.29 is 14.6 Å². The molecule has 4 heteroatoms. The summed E-state index contributed by atoms with van der Waals surface area (Å²) in [5.74, 6) is 7.06. The van der Waals surface area contributed by atoms with E-state index in [4.69, 9.17) is 14.6 Å². The van der Waals surface area contributed by atoms with Crippen LogP contribution in [0.2, 0.25) is 0 Å². The topological polar surface area (TPSA) is 38.7 Å². The molecule has 0 atom stereocenters. The van der Waals surface area contributed by atoms with E-state index in [9.17, 15) is 0 Å². The first kappa shape index (κ1) is 15.4. The third-order valence-electron chi connectivity index (χ3n) is 2.63. The summed E-state index contributed by atoms with van der Waals surface area (Å²) in [6, 6.07) is 11.6. The van der Waals surface area contributed by atoms with Crippen LogP contribution in [0.5, 0.6) is 11.5 Å². The average Bonchev–Trinajstić information content (AvgIpc) is 2.97. The van der Waals surface area contributed by atoms with Crippen molar-refractivity contribution in [2.75, 3.05) is 13.2 Å². The average molecular weight is 302 g/mol. The Hall–Kier alpha value is -1.96. The highest BCUT2D eigenvalue weighted by Gasteiger charge is 2.05. The fraction of sp³-hybridized carbons (Fsp3) is 0.294. The molecule has 2 rings (SSSR count). The molecular formula is C17H18O3S. The summed E-state index contributed by atoms with van der Waals surface area (Å²) in [4.78, 5) is 2.01. The molecule has 0 radical (unpaired) electrons. The molecule has 21 heavy (non-hydrogen) atoms. The quantitative estimate of drug-likeness (QED) is 0.831. The number of hydrogen-bond acceptors (Lipinski definition) is 4. The number of para-hydroxylation sites is 2. The fourth-order valence-electron chi connectivity index (χ4n) is 1.70. The lowest BCUT2D eigenvalue weighted by Crippen LogP contribution is -1.99. The first-order valence-electron chi connectivity index (χ1n) is 6.86. The van der Waals surface area contributed by atoms with Gasteiger partial charge in [0.15, 0.2) is 11.5 Å². The first-order valence-corrected chi connectivity index (χ1v) is 7.68. The molecule has 1 aromatic heterocycles. The molecule has 0 fully saturated rings. The van der Waals surface area contributed by atoms with E-state index in [-0.39, 0.29) is 6.61 Å². The van der Waals surface area contributed by atoms with Gasteiger partial charge in [-0.3, -0.25) is 0 Å². The van der Waals surface area contributed by atoms with E-state index in [1.54, 1.807) is 11.3 Å². The number of rotatable bonds is 6. The monoisotopic (exact) mass is 302 g/mol. The van der Waals surface area contributed by atoms with E-state index < -0.39 is 0 Å². The van der Waals surface area contributed by atoms with Gasteiger partial charge in [-0.25, -0.2) is 0 Å². The summed E-state index contributed by atoms with van der Waals surface area (Å²) >= 11 is 1.57. The van der Waals surface area contributed by atoms with Crippen LogP contribution in [0.25, 0.3) is 0 Å². The van der Waals surface area contributed by atoms with Gasteiger partial charge in [0.05, 0.1) is 11.5 Å². The maximum absolute atomic E-state index is 8.68. The molecule has 0 saturated carbocycles. The highest BCUT2D eigenvalue weighted by molar-refractivity contribution is 7.12. The van der Waals surface area contributed by atoms with Crippen LogP contribution >= 0.6 is 11.3 Å². The summed E-state index contributed by atoms with van der Waals surface area (Å²) in [7, 11) is 0. The summed E-state index contributed by atoms with van der Waals surface area (Å²) in [6.07, 6.45) is 0.964. The number of hydrogen-bond donors (Lipinski definition) is 1. The van der Waals surface area contributed by atoms with Crippen LogP contribution in [0.4, 0.5) is 0 Å². The van der Waals surface area contributed by atoms with Crippen LogP contribution in [-0.2, 0) is 6.61 Å². The highest BCUT2D eigenvalue weighted by Crippen LogP contribution is 2.28. The van der Waals surface area contributed by atoms with Crippen molar-refractivity contribution in [3.8, 4) is 23.3 Å². The standard InChI is InChI=1S/C17H18O3S/c1-2-12-19-16-7-3-4-8-17(16)20-13-15-10-9-14(21-15)6-5-11-18/h3-4,7-10,18H,2,11-13H2,1H3. The molecule has 1 heterocycles. The zero-order valence-corrected chi connectivity index (χ0v) is 12.8. The molecule has 0 aliphatic carbocycles. The summed E-state index contributed by atoms with van der Waals surface area (Å²) in [5, 5.41) is 8.68. The zero-order chi connectivity index (χ0) is 14.9. The van der Waals surface area contributed by atoms with E-state index in [0.29, 0.717) is 13.2 Å². The van der Waals surface area contributed by atoms with Crippen molar-refractivity contribution in [2.24, 2.45) is 0 Å². The van der Waals surface area contributed by atoms with E-state index in [1.165, 1.54) is 0 Å². The van der Waals surface area contributed by atoms with Crippen molar-refractivity contribution in [1.29, 1.82) is 0 Å². The molecule has 1 aromatic carbocycles. The molecule has 0 spiro atoms. The van der Waals surface area contributed by atoms with Crippen LogP contribution in [0, 0.1) is 11.8 Å². The molecule has 2 aromatic rings. The summed E-state index contributed by atoms with van der Waals surface area (Å²) in [6.45, 7) is 3.12. The van der Waals surface area contributed by atoms with Crippen molar-refractivity contribution in [3.63, 3.8) is 0 Å². The molecule has 1 N–H and O–H groups in total. The molecule has 0 amide bonds. The third kappa shape index (κ3) is 4.82. The van der Waals surface area contributed by atoms with Gasteiger partial charge in [0.1, 0.15) is 13.2 Å². The maximum Gasteiger partial charge on any atom is 0.161 e. The molecule has 0 saturated heterocycles. The number of aliphatic hydroxyl groups excluding tert-OH is 1. The third-order valence-corrected chi connectivity index (χ3v) is 3.61. The SMILES string of the molecule is CCCOc1ccccc1OCc1ccc(C#CCO)s1. The molecule has 110 valence electrons. The van der Waals surface area contributed by atoms with Crippen molar-refractivity contribution in [2.45, 2.75) is 20.0 Å². The van der Waals surface area contributed by atoms with Gasteiger partial charge in [-0.15, -0.1) is 11.3 Å². The van der Waals surface area contributed by atoms with Gasteiger partial charge >= 0.3 is 0 Å². The van der Waals surface area contributed by atoms with Gasteiger partial charge < -0.3 is 14.6 Å². The predicted molar refractivity (Wildman–Crippen MR) is 84.8 cm³/mol. The van der Waals surface area contributed by atoms with E-state index in [2.05, 4.69) is 18.8 Å². The minimum Gasteiger partial charge on any atom is -0.490 e. The van der Waals surface area contributed by atoms with Crippen LogP contribution in [0.3, 0.4) is 0 Å². The Morgan fingerprint density at radius 1 is 1.10 bits per heavy atom. The molecule has 0 aliphatic heterocycles. The highest BCUT2D eigenvalue weighted by atomic mass is 32.1. The predicted octanol–water partition coefficient (Wildman–Crippen LogP) is 3.46.